The second-order valence-electron chi connectivity index (χ2n) is 3.63. The van der Waals surface area contributed by atoms with E-state index in [1.165, 1.54) is 11.3 Å². The van der Waals surface area contributed by atoms with Gasteiger partial charge in [0.25, 0.3) is 5.91 Å². The van der Waals surface area contributed by atoms with Gasteiger partial charge in [-0.2, -0.15) is 0 Å². The highest BCUT2D eigenvalue weighted by molar-refractivity contribution is 7.12. The summed E-state index contributed by atoms with van der Waals surface area (Å²) in [5, 5.41) is 5.09. The molecule has 0 aliphatic rings. The molecule has 0 spiro atoms. The molecule has 3 N–H and O–H groups in total. The zero-order valence-electron chi connectivity index (χ0n) is 9.16. The van der Waals surface area contributed by atoms with Crippen molar-refractivity contribution in [3.8, 4) is 0 Å². The number of carbonyl (C=O) groups is 1. The molecule has 0 saturated heterocycles. The highest BCUT2D eigenvalue weighted by Gasteiger charge is 2.12. The smallest absolute Gasteiger partial charge is 0.266 e. The maximum Gasteiger partial charge on any atom is 0.266 e. The van der Waals surface area contributed by atoms with Crippen LogP contribution in [0.15, 0.2) is 29.6 Å². The monoisotopic (exact) mass is 266 g/mol. The topological polar surface area (TPSA) is 55.1 Å². The minimum atomic E-state index is -0.149. The number of carbonyl (C=O) groups excluding carboxylic acids is 1. The van der Waals surface area contributed by atoms with E-state index in [0.717, 1.165) is 5.56 Å². The largest absolute Gasteiger partial charge is 0.399 e. The molecule has 88 valence electrons. The van der Waals surface area contributed by atoms with Crippen molar-refractivity contribution in [3.63, 3.8) is 0 Å². The SMILES string of the molecule is Cc1ccsc1C(=O)Nc1ccc(N)cc1Cl. The number of halogens is 1. The first kappa shape index (κ1) is 12.0. The van der Waals surface area contributed by atoms with E-state index in [4.69, 9.17) is 17.3 Å². The fraction of sp³-hybridized carbons (Fsp3) is 0.0833. The number of anilines is 2. The zero-order valence-corrected chi connectivity index (χ0v) is 10.7. The average molecular weight is 267 g/mol. The minimum absolute atomic E-state index is 0.149. The van der Waals surface area contributed by atoms with E-state index in [9.17, 15) is 4.79 Å². The van der Waals surface area contributed by atoms with E-state index >= 15 is 0 Å². The molecule has 0 bridgehead atoms. The molecule has 0 fully saturated rings. The van der Waals surface area contributed by atoms with Crippen LogP contribution in [0.25, 0.3) is 0 Å². The Morgan fingerprint density at radius 1 is 1.41 bits per heavy atom. The number of thiophene rings is 1. The third kappa shape index (κ3) is 2.60. The van der Waals surface area contributed by atoms with Crippen molar-refractivity contribution in [2.24, 2.45) is 0 Å². The van der Waals surface area contributed by atoms with E-state index in [2.05, 4.69) is 5.32 Å². The fourth-order valence-electron chi connectivity index (χ4n) is 1.42. The summed E-state index contributed by atoms with van der Waals surface area (Å²) < 4.78 is 0. The lowest BCUT2D eigenvalue weighted by molar-refractivity contribution is 0.103. The molecule has 0 atom stereocenters. The van der Waals surface area contributed by atoms with Crippen LogP contribution in [-0.4, -0.2) is 5.91 Å². The van der Waals surface area contributed by atoms with E-state index in [1.807, 2.05) is 18.4 Å². The van der Waals surface area contributed by atoms with E-state index in [1.54, 1.807) is 18.2 Å². The maximum atomic E-state index is 11.9. The van der Waals surface area contributed by atoms with Crippen LogP contribution in [0.5, 0.6) is 0 Å². The summed E-state index contributed by atoms with van der Waals surface area (Å²) in [5.41, 5.74) is 7.68. The first-order valence-corrected chi connectivity index (χ1v) is 6.24. The number of aryl methyl sites for hydroxylation is 1. The summed E-state index contributed by atoms with van der Waals surface area (Å²) in [6.45, 7) is 1.90. The number of hydrogen-bond donors (Lipinski definition) is 2. The van der Waals surface area contributed by atoms with Gasteiger partial charge in [0.1, 0.15) is 0 Å². The molecule has 1 amide bonds. The maximum absolute atomic E-state index is 11.9. The summed E-state index contributed by atoms with van der Waals surface area (Å²) in [7, 11) is 0. The number of nitrogens with one attached hydrogen (secondary N) is 1. The summed E-state index contributed by atoms with van der Waals surface area (Å²) in [4.78, 5) is 12.6. The zero-order chi connectivity index (χ0) is 12.4. The molecule has 2 rings (SSSR count). The molecule has 5 heteroatoms. The molecule has 1 aromatic heterocycles. The lowest BCUT2D eigenvalue weighted by atomic mass is 10.2. The summed E-state index contributed by atoms with van der Waals surface area (Å²) in [5.74, 6) is -0.149. The van der Waals surface area contributed by atoms with Crippen LogP contribution in [0.3, 0.4) is 0 Å². The average Bonchev–Trinajstić information content (AvgIpc) is 2.68. The molecule has 1 heterocycles. The molecule has 0 aliphatic heterocycles. The Labute approximate surface area is 108 Å². The molecule has 2 aromatic rings. The van der Waals surface area contributed by atoms with Crippen molar-refractivity contribution in [1.82, 2.24) is 0 Å². The van der Waals surface area contributed by atoms with Gasteiger partial charge in [0.2, 0.25) is 0 Å². The van der Waals surface area contributed by atoms with Gasteiger partial charge < -0.3 is 11.1 Å². The quantitative estimate of drug-likeness (QED) is 0.817. The third-order valence-corrected chi connectivity index (χ3v) is 3.64. The van der Waals surface area contributed by atoms with Crippen molar-refractivity contribution in [1.29, 1.82) is 0 Å². The molecule has 0 aliphatic carbocycles. The predicted molar refractivity (Wildman–Crippen MR) is 72.9 cm³/mol. The van der Waals surface area contributed by atoms with Gasteiger partial charge in [-0.25, -0.2) is 0 Å². The molecule has 3 nitrogen and oxygen atoms in total. The normalized spacial score (nSPS) is 10.2. The first-order valence-electron chi connectivity index (χ1n) is 4.98. The van der Waals surface area contributed by atoms with Crippen LogP contribution < -0.4 is 11.1 Å². The molecular weight excluding hydrogens is 256 g/mol. The van der Waals surface area contributed by atoms with Gasteiger partial charge in [-0.1, -0.05) is 11.6 Å². The van der Waals surface area contributed by atoms with Crippen LogP contribution in [0, 0.1) is 6.92 Å². The molecule has 0 radical (unpaired) electrons. The van der Waals surface area contributed by atoms with Gasteiger partial charge in [0.15, 0.2) is 0 Å². The predicted octanol–water partition coefficient (Wildman–Crippen LogP) is 3.54. The van der Waals surface area contributed by atoms with Gasteiger partial charge in [-0.15, -0.1) is 11.3 Å². The van der Waals surface area contributed by atoms with E-state index < -0.39 is 0 Å². The molecule has 1 aromatic carbocycles. The van der Waals surface area contributed by atoms with Gasteiger partial charge >= 0.3 is 0 Å². The van der Waals surface area contributed by atoms with Gasteiger partial charge in [-0.3, -0.25) is 4.79 Å². The summed E-state index contributed by atoms with van der Waals surface area (Å²) in [6.07, 6.45) is 0. The number of rotatable bonds is 2. The second-order valence-corrected chi connectivity index (χ2v) is 4.95. The summed E-state index contributed by atoms with van der Waals surface area (Å²) >= 11 is 7.39. The van der Waals surface area contributed by atoms with Crippen molar-refractivity contribution in [2.45, 2.75) is 6.92 Å². The number of nitrogens with two attached hydrogens (primary N) is 1. The van der Waals surface area contributed by atoms with Crippen molar-refractivity contribution < 1.29 is 4.79 Å². The number of hydrogen-bond acceptors (Lipinski definition) is 3. The Morgan fingerprint density at radius 2 is 2.18 bits per heavy atom. The Kier molecular flexibility index (Phi) is 3.36. The second kappa shape index (κ2) is 4.77. The van der Waals surface area contributed by atoms with Crippen LogP contribution in [0.4, 0.5) is 11.4 Å². The first-order chi connectivity index (χ1) is 8.08. The minimum Gasteiger partial charge on any atom is -0.399 e. The fourth-order valence-corrected chi connectivity index (χ4v) is 2.47. The lowest BCUT2D eigenvalue weighted by Crippen LogP contribution is -2.11. The van der Waals surface area contributed by atoms with Crippen molar-refractivity contribution >= 4 is 40.2 Å². The standard InChI is InChI=1S/C12H11ClN2OS/c1-7-4-5-17-11(7)12(16)15-10-3-2-8(14)6-9(10)13/h2-6H,14H2,1H3,(H,15,16). The van der Waals surface area contributed by atoms with Gasteiger partial charge in [-0.05, 0) is 42.1 Å². The van der Waals surface area contributed by atoms with Crippen molar-refractivity contribution in [2.75, 3.05) is 11.1 Å². The molecule has 17 heavy (non-hydrogen) atoms. The van der Waals surface area contributed by atoms with Crippen LogP contribution in [0.1, 0.15) is 15.2 Å². The Bertz CT molecular complexity index is 565. The molecule has 0 saturated carbocycles. The lowest BCUT2D eigenvalue weighted by Gasteiger charge is -2.07. The Balaban J connectivity index is 2.22. The van der Waals surface area contributed by atoms with E-state index in [-0.39, 0.29) is 5.91 Å². The highest BCUT2D eigenvalue weighted by Crippen LogP contribution is 2.25. The highest BCUT2D eigenvalue weighted by atomic mass is 35.5. The number of benzene rings is 1. The third-order valence-electron chi connectivity index (χ3n) is 2.31. The van der Waals surface area contributed by atoms with Crippen molar-refractivity contribution in [3.05, 3.63) is 45.1 Å². The molecular formula is C12H11ClN2OS. The number of nitrogen functional groups attached to an aromatic ring is 1. The van der Waals surface area contributed by atoms with Crippen LogP contribution >= 0.6 is 22.9 Å². The van der Waals surface area contributed by atoms with Gasteiger partial charge in [0.05, 0.1) is 15.6 Å². The van der Waals surface area contributed by atoms with Gasteiger partial charge in [0, 0.05) is 5.69 Å². The Morgan fingerprint density at radius 3 is 2.76 bits per heavy atom. The van der Waals surface area contributed by atoms with Crippen LogP contribution in [-0.2, 0) is 0 Å². The summed E-state index contributed by atoms with van der Waals surface area (Å²) in [6, 6.07) is 6.91. The van der Waals surface area contributed by atoms with Crippen LogP contribution in [0.2, 0.25) is 5.02 Å². The Hall–Kier alpha value is -1.52. The van der Waals surface area contributed by atoms with E-state index in [0.29, 0.717) is 21.3 Å². The number of amides is 1. The molecule has 0 unspecified atom stereocenters.